The molecule has 0 radical (unpaired) electrons. The molecule has 5 rings (SSSR count). The molecule has 41 heavy (non-hydrogen) atoms. The summed E-state index contributed by atoms with van der Waals surface area (Å²) < 4.78 is 12.7. The Morgan fingerprint density at radius 2 is 2.00 bits per heavy atom. The molecule has 2 fully saturated rings. The predicted molar refractivity (Wildman–Crippen MR) is 146 cm³/mol. The average molecular weight is 565 g/mol. The monoisotopic (exact) mass is 564 g/mol. The summed E-state index contributed by atoms with van der Waals surface area (Å²) in [4.78, 5) is 39.0. The normalized spacial score (nSPS) is 21.7. The second-order valence-corrected chi connectivity index (χ2v) is 9.90. The Balaban J connectivity index is 1.17. The fourth-order valence-corrected chi connectivity index (χ4v) is 4.24. The lowest BCUT2D eigenvalue weighted by atomic mass is 10.1. The summed E-state index contributed by atoms with van der Waals surface area (Å²) in [6.07, 6.45) is -2.14. The molecule has 3 heterocycles. The maximum atomic E-state index is 12.5. The molecule has 0 spiro atoms. The lowest BCUT2D eigenvalue weighted by Crippen LogP contribution is -2.43. The molecule has 216 valence electrons. The number of nitrogens with zero attached hydrogens (tertiary/aromatic N) is 5. The molecule has 6 N–H and O–H groups in total. The highest BCUT2D eigenvalue weighted by Crippen LogP contribution is 2.33. The first-order chi connectivity index (χ1) is 19.8. The minimum absolute atomic E-state index is 0.0516. The van der Waals surface area contributed by atoms with Crippen LogP contribution in [0, 0.1) is 11.8 Å². The quantitative estimate of drug-likeness (QED) is 0.168. The third kappa shape index (κ3) is 6.72. The number of nitrogens with two attached hydrogens (primary N) is 1. The van der Waals surface area contributed by atoms with Gasteiger partial charge in [-0.25, -0.2) is 19.7 Å². The number of aliphatic hydroxyl groups excluding tert-OH is 2. The summed E-state index contributed by atoms with van der Waals surface area (Å²) in [5, 5.41) is 26.6. The van der Waals surface area contributed by atoms with Crippen LogP contribution in [-0.4, -0.2) is 97.7 Å². The summed E-state index contributed by atoms with van der Waals surface area (Å²) in [6.45, 7) is 1.26. The van der Waals surface area contributed by atoms with Crippen LogP contribution in [0.25, 0.3) is 11.2 Å². The van der Waals surface area contributed by atoms with Crippen molar-refractivity contribution in [3.8, 4) is 11.8 Å². The number of fused-ring (bicyclic) bond motifs is 1. The number of hydrogen-bond acceptors (Lipinski definition) is 10. The minimum atomic E-state index is -1.44. The van der Waals surface area contributed by atoms with Gasteiger partial charge in [0.1, 0.15) is 17.7 Å². The molecule has 1 saturated carbocycles. The van der Waals surface area contributed by atoms with Crippen LogP contribution < -0.4 is 16.4 Å². The minimum Gasteiger partial charge on any atom is -0.387 e. The van der Waals surface area contributed by atoms with Gasteiger partial charge in [0, 0.05) is 19.6 Å². The van der Waals surface area contributed by atoms with Crippen molar-refractivity contribution in [3.63, 3.8) is 0 Å². The number of ether oxygens (including phenoxy) is 2. The average Bonchev–Trinajstić information content (AvgIpc) is 3.60. The Hall–Kier alpha value is -4.29. The lowest BCUT2D eigenvalue weighted by molar-refractivity contribution is -0.137. The number of carbonyl (C=O) groups is 2. The number of urea groups is 1. The van der Waals surface area contributed by atoms with Gasteiger partial charge in [-0.1, -0.05) is 36.3 Å². The van der Waals surface area contributed by atoms with Crippen LogP contribution in [0.1, 0.15) is 30.5 Å². The second-order valence-electron chi connectivity index (χ2n) is 9.90. The van der Waals surface area contributed by atoms with E-state index in [1.807, 2.05) is 30.3 Å². The maximum Gasteiger partial charge on any atom is 0.318 e. The largest absolute Gasteiger partial charge is 0.387 e. The molecule has 3 amide bonds. The molecule has 0 bridgehead atoms. The molecule has 1 aromatic carbocycles. The second kappa shape index (κ2) is 12.5. The zero-order chi connectivity index (χ0) is 28.9. The van der Waals surface area contributed by atoms with Gasteiger partial charge in [0.2, 0.25) is 5.82 Å². The van der Waals surface area contributed by atoms with Crippen molar-refractivity contribution in [1.29, 1.82) is 0 Å². The first-order valence-corrected chi connectivity index (χ1v) is 13.2. The summed E-state index contributed by atoms with van der Waals surface area (Å²) in [5.41, 5.74) is 7.58. The van der Waals surface area contributed by atoms with Crippen LogP contribution in [0.5, 0.6) is 0 Å². The Morgan fingerprint density at radius 3 is 2.76 bits per heavy atom. The Morgan fingerprint density at radius 1 is 1.22 bits per heavy atom. The topological polar surface area (TPSA) is 190 Å². The van der Waals surface area contributed by atoms with Crippen molar-refractivity contribution in [1.82, 2.24) is 35.1 Å². The molecule has 4 atom stereocenters. The number of aliphatic hydroxyl groups is 2. The standard InChI is InChI=1S/C27H32N8O6/c1-34(27(39)29-11-13-40-14-16-6-3-2-4-7-16)12-5-8-18-32-23(28)19-24(33-18)35(15-30-19)26-21(37)20(36)22(41-26)25(38)31-17-9-10-17/h2-4,6-7,15,17,20-22,26,36-37H,9-14H2,1H3,(H,29,39)(H,31,38)(H2,28,32,33)/t20?,21-,22-,26+/m0/s1. The third-order valence-corrected chi connectivity index (χ3v) is 6.64. The summed E-state index contributed by atoms with van der Waals surface area (Å²) in [7, 11) is 1.60. The number of nitrogens with one attached hydrogen (secondary N) is 2. The van der Waals surface area contributed by atoms with Crippen molar-refractivity contribution in [2.45, 2.75) is 50.0 Å². The third-order valence-electron chi connectivity index (χ3n) is 6.64. The number of rotatable bonds is 9. The van der Waals surface area contributed by atoms with Crippen LogP contribution in [0.15, 0.2) is 36.7 Å². The maximum absolute atomic E-state index is 12.5. The summed E-state index contributed by atoms with van der Waals surface area (Å²) in [6, 6.07) is 9.51. The molecule has 1 aliphatic heterocycles. The van der Waals surface area contributed by atoms with E-state index in [1.165, 1.54) is 15.8 Å². The SMILES string of the molecule is CN(CC#Cc1nc(N)c2ncn([C@@H]3O[C@H](C(=O)NC4CC4)C(O)[C@@H]3O)c2n1)C(=O)NCCOCc1ccccc1. The Bertz CT molecular complexity index is 1450. The van der Waals surface area contributed by atoms with Gasteiger partial charge in [0.15, 0.2) is 23.8 Å². The van der Waals surface area contributed by atoms with E-state index < -0.39 is 30.4 Å². The van der Waals surface area contributed by atoms with E-state index in [0.29, 0.717) is 19.8 Å². The van der Waals surface area contributed by atoms with Crippen molar-refractivity contribution in [3.05, 3.63) is 48.0 Å². The Labute approximate surface area is 235 Å². The number of amides is 3. The van der Waals surface area contributed by atoms with E-state index >= 15 is 0 Å². The molecule has 1 saturated heterocycles. The highest BCUT2D eigenvalue weighted by molar-refractivity contribution is 5.83. The lowest BCUT2D eigenvalue weighted by Gasteiger charge is -2.16. The Kier molecular flexibility index (Phi) is 8.60. The van der Waals surface area contributed by atoms with E-state index in [1.54, 1.807) is 7.05 Å². The number of hydrogen-bond donors (Lipinski definition) is 5. The van der Waals surface area contributed by atoms with Crippen molar-refractivity contribution in [2.24, 2.45) is 0 Å². The first-order valence-electron chi connectivity index (χ1n) is 13.2. The number of nitrogen functional groups attached to an aromatic ring is 1. The van der Waals surface area contributed by atoms with E-state index in [-0.39, 0.29) is 41.4 Å². The zero-order valence-corrected chi connectivity index (χ0v) is 22.4. The molecule has 1 aliphatic carbocycles. The van der Waals surface area contributed by atoms with E-state index in [2.05, 4.69) is 37.4 Å². The van der Waals surface area contributed by atoms with Crippen molar-refractivity contribution < 1.29 is 29.3 Å². The molecular formula is C27H32N8O6. The number of aromatic nitrogens is 4. The number of carbonyl (C=O) groups excluding carboxylic acids is 2. The van der Waals surface area contributed by atoms with Gasteiger partial charge in [0.05, 0.1) is 26.1 Å². The molecule has 3 aromatic rings. The van der Waals surface area contributed by atoms with Gasteiger partial charge in [-0.2, -0.15) is 0 Å². The van der Waals surface area contributed by atoms with Gasteiger partial charge in [-0.15, -0.1) is 0 Å². The number of anilines is 1. The fourth-order valence-electron chi connectivity index (χ4n) is 4.24. The van der Waals surface area contributed by atoms with Gasteiger partial charge in [-0.3, -0.25) is 9.36 Å². The van der Waals surface area contributed by atoms with Crippen LogP contribution >= 0.6 is 0 Å². The first kappa shape index (κ1) is 28.2. The molecule has 2 aliphatic rings. The zero-order valence-electron chi connectivity index (χ0n) is 22.4. The van der Waals surface area contributed by atoms with Gasteiger partial charge < -0.3 is 41.0 Å². The van der Waals surface area contributed by atoms with Crippen LogP contribution in [0.3, 0.4) is 0 Å². The molecule has 1 unspecified atom stereocenters. The molecule has 14 heteroatoms. The summed E-state index contributed by atoms with van der Waals surface area (Å²) >= 11 is 0. The van der Waals surface area contributed by atoms with Gasteiger partial charge in [0.25, 0.3) is 5.91 Å². The molecule has 2 aromatic heterocycles. The highest BCUT2D eigenvalue weighted by Gasteiger charge is 2.48. The summed E-state index contributed by atoms with van der Waals surface area (Å²) in [5.74, 6) is 5.26. The van der Waals surface area contributed by atoms with Crippen LogP contribution in [0.4, 0.5) is 10.6 Å². The molecular weight excluding hydrogens is 532 g/mol. The highest BCUT2D eigenvalue weighted by atomic mass is 16.6. The van der Waals surface area contributed by atoms with Crippen molar-refractivity contribution in [2.75, 3.05) is 32.5 Å². The number of imidazole rings is 1. The fraction of sp³-hybridized carbons (Fsp3) is 0.444. The predicted octanol–water partition coefficient (Wildman–Crippen LogP) is -0.484. The van der Waals surface area contributed by atoms with E-state index in [9.17, 15) is 19.8 Å². The van der Waals surface area contributed by atoms with E-state index in [4.69, 9.17) is 15.2 Å². The smallest absolute Gasteiger partial charge is 0.318 e. The van der Waals surface area contributed by atoms with Gasteiger partial charge in [-0.05, 0) is 24.3 Å². The number of benzene rings is 1. The van der Waals surface area contributed by atoms with Crippen LogP contribution in [0.2, 0.25) is 0 Å². The van der Waals surface area contributed by atoms with E-state index in [0.717, 1.165) is 18.4 Å². The molecule has 14 nitrogen and oxygen atoms in total. The van der Waals surface area contributed by atoms with Crippen LogP contribution in [-0.2, 0) is 20.9 Å². The van der Waals surface area contributed by atoms with Gasteiger partial charge >= 0.3 is 6.03 Å². The van der Waals surface area contributed by atoms with Crippen molar-refractivity contribution >= 4 is 28.9 Å².